The van der Waals surface area contributed by atoms with E-state index in [4.69, 9.17) is 15.2 Å². The SMILES string of the molecule is COCC(NCCOCC(N)=O)C(C)C. The summed E-state index contributed by atoms with van der Waals surface area (Å²) < 4.78 is 10.1. The molecule has 0 heterocycles. The molecule has 90 valence electrons. The van der Waals surface area contributed by atoms with Gasteiger partial charge in [-0.25, -0.2) is 0 Å². The highest BCUT2D eigenvalue weighted by atomic mass is 16.5. The van der Waals surface area contributed by atoms with Crippen molar-refractivity contribution in [3.63, 3.8) is 0 Å². The molecule has 0 rings (SSSR count). The molecule has 3 N–H and O–H groups in total. The lowest BCUT2D eigenvalue weighted by molar-refractivity contribution is -0.122. The van der Waals surface area contributed by atoms with Crippen molar-refractivity contribution >= 4 is 5.91 Å². The van der Waals surface area contributed by atoms with E-state index in [1.165, 1.54) is 0 Å². The zero-order valence-electron chi connectivity index (χ0n) is 9.79. The first-order valence-corrected chi connectivity index (χ1v) is 5.16. The Morgan fingerprint density at radius 3 is 2.60 bits per heavy atom. The van der Waals surface area contributed by atoms with Crippen LogP contribution in [-0.2, 0) is 14.3 Å². The molecule has 1 amide bonds. The van der Waals surface area contributed by atoms with Gasteiger partial charge in [0.2, 0.25) is 5.91 Å². The molecule has 0 bridgehead atoms. The number of amides is 1. The van der Waals surface area contributed by atoms with Crippen LogP contribution in [0.4, 0.5) is 0 Å². The van der Waals surface area contributed by atoms with Crippen LogP contribution in [0.5, 0.6) is 0 Å². The van der Waals surface area contributed by atoms with E-state index in [2.05, 4.69) is 19.2 Å². The fraction of sp³-hybridized carbons (Fsp3) is 0.900. The first kappa shape index (κ1) is 14.3. The molecule has 0 saturated carbocycles. The monoisotopic (exact) mass is 218 g/mol. The molecule has 0 aromatic heterocycles. The molecule has 0 saturated heterocycles. The Bertz CT molecular complexity index is 174. The van der Waals surface area contributed by atoms with Crippen LogP contribution < -0.4 is 11.1 Å². The first-order chi connectivity index (χ1) is 7.07. The zero-order valence-corrected chi connectivity index (χ0v) is 9.79. The average molecular weight is 218 g/mol. The second kappa shape index (κ2) is 8.64. The predicted octanol–water partition coefficient (Wildman–Crippen LogP) is -0.251. The van der Waals surface area contributed by atoms with Crippen molar-refractivity contribution in [3.8, 4) is 0 Å². The van der Waals surface area contributed by atoms with Crippen LogP contribution in [0, 0.1) is 5.92 Å². The average Bonchev–Trinajstić information content (AvgIpc) is 2.15. The summed E-state index contributed by atoms with van der Waals surface area (Å²) in [7, 11) is 1.68. The van der Waals surface area contributed by atoms with Crippen LogP contribution in [0.1, 0.15) is 13.8 Å². The summed E-state index contributed by atoms with van der Waals surface area (Å²) in [5.74, 6) is 0.0633. The van der Waals surface area contributed by atoms with Gasteiger partial charge in [-0.05, 0) is 5.92 Å². The molecule has 0 aliphatic carbocycles. The second-order valence-corrected chi connectivity index (χ2v) is 3.78. The van der Waals surface area contributed by atoms with Gasteiger partial charge >= 0.3 is 0 Å². The van der Waals surface area contributed by atoms with Gasteiger partial charge in [-0.2, -0.15) is 0 Å². The Balaban J connectivity index is 3.49. The molecule has 0 spiro atoms. The molecule has 0 fully saturated rings. The van der Waals surface area contributed by atoms with E-state index >= 15 is 0 Å². The van der Waals surface area contributed by atoms with Crippen LogP contribution in [0.25, 0.3) is 0 Å². The summed E-state index contributed by atoms with van der Waals surface area (Å²) in [6, 6.07) is 0.312. The second-order valence-electron chi connectivity index (χ2n) is 3.78. The van der Waals surface area contributed by atoms with Crippen LogP contribution in [0.3, 0.4) is 0 Å². The Morgan fingerprint density at radius 2 is 2.13 bits per heavy atom. The van der Waals surface area contributed by atoms with Gasteiger partial charge in [0.05, 0.1) is 13.2 Å². The molecule has 0 aliphatic rings. The van der Waals surface area contributed by atoms with Crippen LogP contribution in [-0.4, -0.2) is 45.4 Å². The molecule has 15 heavy (non-hydrogen) atoms. The Labute approximate surface area is 91.3 Å². The van der Waals surface area contributed by atoms with E-state index < -0.39 is 5.91 Å². The standard InChI is InChI=1S/C10H22N2O3/c1-8(2)9(6-14-3)12-4-5-15-7-10(11)13/h8-9,12H,4-7H2,1-3H3,(H2,11,13). The molecule has 0 aromatic rings. The number of rotatable bonds is 9. The quantitative estimate of drug-likeness (QED) is 0.523. The van der Waals surface area contributed by atoms with Crippen molar-refractivity contribution < 1.29 is 14.3 Å². The van der Waals surface area contributed by atoms with Crippen molar-refractivity contribution in [2.75, 3.05) is 33.5 Å². The fourth-order valence-corrected chi connectivity index (χ4v) is 1.16. The maximum atomic E-state index is 10.4. The lowest BCUT2D eigenvalue weighted by Crippen LogP contribution is -2.39. The molecule has 1 atom stereocenters. The minimum absolute atomic E-state index is 0.0156. The molecule has 5 heteroatoms. The van der Waals surface area contributed by atoms with E-state index in [0.717, 1.165) is 0 Å². The first-order valence-electron chi connectivity index (χ1n) is 5.16. The normalized spacial score (nSPS) is 13.1. The van der Waals surface area contributed by atoms with Gasteiger partial charge in [0.1, 0.15) is 6.61 Å². The molecular weight excluding hydrogens is 196 g/mol. The summed E-state index contributed by atoms with van der Waals surface area (Å²) in [5.41, 5.74) is 4.93. The van der Waals surface area contributed by atoms with Crippen LogP contribution in [0.2, 0.25) is 0 Å². The van der Waals surface area contributed by atoms with Gasteiger partial charge in [0.15, 0.2) is 0 Å². The minimum atomic E-state index is -0.438. The highest BCUT2D eigenvalue weighted by Gasteiger charge is 2.11. The number of nitrogens with two attached hydrogens (primary N) is 1. The molecule has 1 unspecified atom stereocenters. The van der Waals surface area contributed by atoms with Crippen molar-refractivity contribution in [1.82, 2.24) is 5.32 Å². The van der Waals surface area contributed by atoms with E-state index in [-0.39, 0.29) is 6.61 Å². The third-order valence-corrected chi connectivity index (χ3v) is 2.05. The Kier molecular flexibility index (Phi) is 8.27. The summed E-state index contributed by atoms with van der Waals surface area (Å²) in [6.07, 6.45) is 0. The molecule has 5 nitrogen and oxygen atoms in total. The summed E-state index contributed by atoms with van der Waals surface area (Å²) in [6.45, 7) is 6.09. The van der Waals surface area contributed by atoms with Crippen molar-refractivity contribution in [3.05, 3.63) is 0 Å². The third-order valence-electron chi connectivity index (χ3n) is 2.05. The van der Waals surface area contributed by atoms with Crippen molar-refractivity contribution in [2.45, 2.75) is 19.9 Å². The maximum absolute atomic E-state index is 10.4. The van der Waals surface area contributed by atoms with Gasteiger partial charge in [0.25, 0.3) is 0 Å². The number of hydrogen-bond donors (Lipinski definition) is 2. The van der Waals surface area contributed by atoms with Gasteiger partial charge in [-0.15, -0.1) is 0 Å². The third kappa shape index (κ3) is 8.35. The lowest BCUT2D eigenvalue weighted by atomic mass is 10.1. The Hall–Kier alpha value is -0.650. The number of hydrogen-bond acceptors (Lipinski definition) is 4. The zero-order chi connectivity index (χ0) is 11.7. The van der Waals surface area contributed by atoms with Crippen LogP contribution >= 0.6 is 0 Å². The minimum Gasteiger partial charge on any atom is -0.383 e. The number of carbonyl (C=O) groups excluding carboxylic acids is 1. The molecular formula is C10H22N2O3. The highest BCUT2D eigenvalue weighted by Crippen LogP contribution is 2.00. The summed E-state index contributed by atoms with van der Waals surface area (Å²) in [4.78, 5) is 10.4. The number of nitrogens with one attached hydrogen (secondary N) is 1. The van der Waals surface area contributed by atoms with Gasteiger partial charge < -0.3 is 20.5 Å². The number of carbonyl (C=O) groups is 1. The summed E-state index contributed by atoms with van der Waals surface area (Å²) in [5, 5.41) is 3.29. The highest BCUT2D eigenvalue weighted by molar-refractivity contribution is 5.74. The fourth-order valence-electron chi connectivity index (χ4n) is 1.16. The van der Waals surface area contributed by atoms with E-state index in [9.17, 15) is 4.79 Å². The smallest absolute Gasteiger partial charge is 0.243 e. The predicted molar refractivity (Wildman–Crippen MR) is 58.5 cm³/mol. The molecule has 0 radical (unpaired) electrons. The van der Waals surface area contributed by atoms with E-state index in [0.29, 0.717) is 31.7 Å². The van der Waals surface area contributed by atoms with Gasteiger partial charge in [-0.1, -0.05) is 13.8 Å². The summed E-state index contributed by atoms with van der Waals surface area (Å²) >= 11 is 0. The van der Waals surface area contributed by atoms with Gasteiger partial charge in [0, 0.05) is 19.7 Å². The lowest BCUT2D eigenvalue weighted by Gasteiger charge is -2.21. The van der Waals surface area contributed by atoms with E-state index in [1.54, 1.807) is 7.11 Å². The molecule has 0 aliphatic heterocycles. The maximum Gasteiger partial charge on any atom is 0.243 e. The Morgan fingerprint density at radius 1 is 1.47 bits per heavy atom. The van der Waals surface area contributed by atoms with Crippen molar-refractivity contribution in [1.29, 1.82) is 0 Å². The number of methoxy groups -OCH3 is 1. The van der Waals surface area contributed by atoms with E-state index in [1.807, 2.05) is 0 Å². The van der Waals surface area contributed by atoms with Gasteiger partial charge in [-0.3, -0.25) is 4.79 Å². The number of primary amides is 1. The van der Waals surface area contributed by atoms with Crippen molar-refractivity contribution in [2.24, 2.45) is 11.7 Å². The topological polar surface area (TPSA) is 73.6 Å². The number of ether oxygens (including phenoxy) is 2. The largest absolute Gasteiger partial charge is 0.383 e. The van der Waals surface area contributed by atoms with Crippen LogP contribution in [0.15, 0.2) is 0 Å². The molecule has 0 aromatic carbocycles.